The van der Waals surface area contributed by atoms with E-state index in [1.807, 2.05) is 19.9 Å². The topological polar surface area (TPSA) is 65.8 Å². The lowest BCUT2D eigenvalue weighted by atomic mass is 10.1. The molecule has 0 unspecified atom stereocenters. The third-order valence-corrected chi connectivity index (χ3v) is 3.48. The van der Waals surface area contributed by atoms with Gasteiger partial charge >= 0.3 is 5.91 Å². The summed E-state index contributed by atoms with van der Waals surface area (Å²) in [6, 6.07) is 3.28. The van der Waals surface area contributed by atoms with E-state index in [1.54, 1.807) is 22.0 Å². The standard InChI is InChI=1S/C15H21N3O3/c1-3-17(4-2)15(20)12-7-5-9-18(11-12)16-14(19)13-8-6-10-21-13/h6-8,10H,3-5,9,11H2,1-2H3,(H,16,19). The first-order chi connectivity index (χ1) is 10.2. The van der Waals surface area contributed by atoms with E-state index in [1.165, 1.54) is 6.26 Å². The molecule has 0 saturated carbocycles. The summed E-state index contributed by atoms with van der Waals surface area (Å²) in [4.78, 5) is 26.0. The van der Waals surface area contributed by atoms with E-state index in [0.29, 0.717) is 26.2 Å². The lowest BCUT2D eigenvalue weighted by Gasteiger charge is -2.29. The Morgan fingerprint density at radius 1 is 1.38 bits per heavy atom. The summed E-state index contributed by atoms with van der Waals surface area (Å²) in [5.41, 5.74) is 3.50. The van der Waals surface area contributed by atoms with E-state index in [2.05, 4.69) is 5.43 Å². The van der Waals surface area contributed by atoms with Gasteiger partial charge in [-0.15, -0.1) is 0 Å². The van der Waals surface area contributed by atoms with E-state index < -0.39 is 0 Å². The molecule has 0 atom stereocenters. The van der Waals surface area contributed by atoms with Crippen molar-refractivity contribution in [3.63, 3.8) is 0 Å². The molecule has 0 radical (unpaired) electrons. The normalized spacial score (nSPS) is 15.4. The third kappa shape index (κ3) is 3.72. The Bertz CT molecular complexity index is 518. The van der Waals surface area contributed by atoms with Crippen LogP contribution in [0.5, 0.6) is 0 Å². The van der Waals surface area contributed by atoms with Crippen LogP contribution in [0.1, 0.15) is 30.8 Å². The van der Waals surface area contributed by atoms with Crippen molar-refractivity contribution >= 4 is 11.8 Å². The van der Waals surface area contributed by atoms with Gasteiger partial charge in [-0.05, 0) is 32.4 Å². The molecule has 0 aliphatic carbocycles. The first kappa shape index (κ1) is 15.3. The minimum atomic E-state index is -0.295. The van der Waals surface area contributed by atoms with Crippen LogP contribution < -0.4 is 5.43 Å². The number of likely N-dealkylation sites (N-methyl/N-ethyl adjacent to an activating group) is 1. The van der Waals surface area contributed by atoms with Gasteiger partial charge in [0.15, 0.2) is 5.76 Å². The van der Waals surface area contributed by atoms with E-state index >= 15 is 0 Å². The Labute approximate surface area is 124 Å². The molecule has 21 heavy (non-hydrogen) atoms. The van der Waals surface area contributed by atoms with Crippen molar-refractivity contribution in [2.45, 2.75) is 20.3 Å². The number of hydrogen-bond acceptors (Lipinski definition) is 4. The number of carbonyl (C=O) groups excluding carboxylic acids is 2. The predicted molar refractivity (Wildman–Crippen MR) is 78.4 cm³/mol. The van der Waals surface area contributed by atoms with Gasteiger partial charge in [0.2, 0.25) is 0 Å². The van der Waals surface area contributed by atoms with Crippen molar-refractivity contribution in [2.75, 3.05) is 26.2 Å². The fourth-order valence-corrected chi connectivity index (χ4v) is 2.31. The molecule has 1 aliphatic rings. The largest absolute Gasteiger partial charge is 0.459 e. The Morgan fingerprint density at radius 2 is 2.14 bits per heavy atom. The lowest BCUT2D eigenvalue weighted by molar-refractivity contribution is -0.127. The van der Waals surface area contributed by atoms with Crippen molar-refractivity contribution in [2.24, 2.45) is 0 Å². The highest BCUT2D eigenvalue weighted by molar-refractivity contribution is 5.94. The number of rotatable bonds is 5. The highest BCUT2D eigenvalue weighted by atomic mass is 16.3. The molecule has 1 aliphatic heterocycles. The molecule has 0 aromatic carbocycles. The summed E-state index contributed by atoms with van der Waals surface area (Å²) in [6.45, 7) is 6.39. The second-order valence-electron chi connectivity index (χ2n) is 4.84. The summed E-state index contributed by atoms with van der Waals surface area (Å²) < 4.78 is 5.06. The number of furan rings is 1. The Morgan fingerprint density at radius 3 is 2.76 bits per heavy atom. The SMILES string of the molecule is CCN(CC)C(=O)C1=CCCN(NC(=O)c2ccco2)C1. The number of hydrazine groups is 1. The molecule has 2 rings (SSSR count). The third-order valence-electron chi connectivity index (χ3n) is 3.48. The molecule has 114 valence electrons. The molecule has 0 saturated heterocycles. The van der Waals surface area contributed by atoms with Gasteiger partial charge < -0.3 is 9.32 Å². The maximum absolute atomic E-state index is 12.3. The fourth-order valence-electron chi connectivity index (χ4n) is 2.31. The first-order valence-corrected chi connectivity index (χ1v) is 7.23. The fraction of sp³-hybridized carbons (Fsp3) is 0.467. The lowest BCUT2D eigenvalue weighted by Crippen LogP contribution is -2.47. The maximum atomic E-state index is 12.3. The predicted octanol–water partition coefficient (Wildman–Crippen LogP) is 1.42. The molecule has 0 fully saturated rings. The zero-order valence-corrected chi connectivity index (χ0v) is 12.5. The molecule has 6 nitrogen and oxygen atoms in total. The number of nitrogens with zero attached hydrogens (tertiary/aromatic N) is 2. The minimum absolute atomic E-state index is 0.0388. The molecule has 0 bridgehead atoms. The average Bonchev–Trinajstić information content (AvgIpc) is 3.03. The molecule has 1 aromatic heterocycles. The van der Waals surface area contributed by atoms with Crippen LogP contribution >= 0.6 is 0 Å². The second kappa shape index (κ2) is 7.08. The number of nitrogens with one attached hydrogen (secondary N) is 1. The summed E-state index contributed by atoms with van der Waals surface area (Å²) in [7, 11) is 0. The van der Waals surface area contributed by atoms with Gasteiger partial charge in [-0.2, -0.15) is 0 Å². The Balaban J connectivity index is 1.95. The highest BCUT2D eigenvalue weighted by Gasteiger charge is 2.23. The average molecular weight is 291 g/mol. The molecular formula is C15H21N3O3. The van der Waals surface area contributed by atoms with Gasteiger partial charge in [0.25, 0.3) is 5.91 Å². The molecular weight excluding hydrogens is 270 g/mol. The van der Waals surface area contributed by atoms with Crippen LogP contribution in [0.25, 0.3) is 0 Å². The van der Waals surface area contributed by atoms with Crippen molar-refractivity contribution in [1.29, 1.82) is 0 Å². The second-order valence-corrected chi connectivity index (χ2v) is 4.84. The summed E-state index contributed by atoms with van der Waals surface area (Å²) in [5, 5.41) is 1.75. The smallest absolute Gasteiger partial charge is 0.301 e. The van der Waals surface area contributed by atoms with Gasteiger partial charge in [-0.3, -0.25) is 15.0 Å². The monoisotopic (exact) mass is 291 g/mol. The van der Waals surface area contributed by atoms with Gasteiger partial charge in [-0.25, -0.2) is 5.01 Å². The van der Waals surface area contributed by atoms with Crippen molar-refractivity contribution < 1.29 is 14.0 Å². The van der Waals surface area contributed by atoms with E-state index in [0.717, 1.165) is 12.0 Å². The van der Waals surface area contributed by atoms with Crippen LogP contribution in [0.15, 0.2) is 34.5 Å². The molecule has 6 heteroatoms. The summed E-state index contributed by atoms with van der Waals surface area (Å²) in [5.74, 6) is 0.00894. The van der Waals surface area contributed by atoms with E-state index in [4.69, 9.17) is 4.42 Å². The maximum Gasteiger partial charge on any atom is 0.301 e. The minimum Gasteiger partial charge on any atom is -0.459 e. The van der Waals surface area contributed by atoms with Crippen LogP contribution in [0.3, 0.4) is 0 Å². The number of amides is 2. The van der Waals surface area contributed by atoms with Gasteiger partial charge in [0.1, 0.15) is 0 Å². The highest BCUT2D eigenvalue weighted by Crippen LogP contribution is 2.12. The first-order valence-electron chi connectivity index (χ1n) is 7.23. The zero-order chi connectivity index (χ0) is 15.2. The quantitative estimate of drug-likeness (QED) is 0.891. The van der Waals surface area contributed by atoms with Crippen LogP contribution in [0.4, 0.5) is 0 Å². The van der Waals surface area contributed by atoms with Crippen molar-refractivity contribution in [3.05, 3.63) is 35.8 Å². The molecule has 0 spiro atoms. The summed E-state index contributed by atoms with van der Waals surface area (Å²) >= 11 is 0. The molecule has 1 N–H and O–H groups in total. The number of hydrogen-bond donors (Lipinski definition) is 1. The molecule has 1 aromatic rings. The summed E-state index contributed by atoms with van der Waals surface area (Å²) in [6.07, 6.45) is 4.15. The van der Waals surface area contributed by atoms with Crippen LogP contribution in [0.2, 0.25) is 0 Å². The number of carbonyl (C=O) groups is 2. The van der Waals surface area contributed by atoms with Crippen LogP contribution in [0, 0.1) is 0 Å². The van der Waals surface area contributed by atoms with Crippen molar-refractivity contribution in [3.8, 4) is 0 Å². The van der Waals surface area contributed by atoms with E-state index in [9.17, 15) is 9.59 Å². The molecule has 2 amide bonds. The van der Waals surface area contributed by atoms with Crippen LogP contribution in [-0.2, 0) is 4.79 Å². The Hall–Kier alpha value is -2.08. The van der Waals surface area contributed by atoms with Gasteiger partial charge in [0.05, 0.1) is 6.26 Å². The zero-order valence-electron chi connectivity index (χ0n) is 12.5. The van der Waals surface area contributed by atoms with E-state index in [-0.39, 0.29) is 17.6 Å². The van der Waals surface area contributed by atoms with Gasteiger partial charge in [0, 0.05) is 31.8 Å². The van der Waals surface area contributed by atoms with Gasteiger partial charge in [-0.1, -0.05) is 6.08 Å². The Kier molecular flexibility index (Phi) is 5.16. The molecule has 2 heterocycles. The van der Waals surface area contributed by atoms with Crippen molar-refractivity contribution in [1.82, 2.24) is 15.3 Å². The van der Waals surface area contributed by atoms with Crippen LogP contribution in [-0.4, -0.2) is 47.9 Å².